The van der Waals surface area contributed by atoms with Crippen LogP contribution < -0.4 is 5.32 Å². The second-order valence-electron chi connectivity index (χ2n) is 6.91. The normalized spacial score (nSPS) is 21.6. The lowest BCUT2D eigenvalue weighted by Gasteiger charge is -2.31. The average molecular weight is 316 g/mol. The highest BCUT2D eigenvalue weighted by Crippen LogP contribution is 2.16. The SMILES string of the molecule is COC(OC)C(C)NC1CCCCN(C(=O)OC(C)(C)C)C1. The zero-order valence-corrected chi connectivity index (χ0v) is 14.8. The standard InChI is InChI=1S/C16H32N2O4/c1-12(14(20-5)21-6)17-13-9-7-8-10-18(11-13)15(19)22-16(2,3)4/h12-14,17H,7-11H2,1-6H3. The minimum atomic E-state index is -0.462. The molecule has 0 aromatic rings. The van der Waals surface area contributed by atoms with Gasteiger partial charge in [0.05, 0.1) is 6.04 Å². The van der Waals surface area contributed by atoms with Gasteiger partial charge in [0.1, 0.15) is 5.60 Å². The summed E-state index contributed by atoms with van der Waals surface area (Å²) < 4.78 is 16.1. The molecule has 0 spiro atoms. The fraction of sp³-hybridized carbons (Fsp3) is 0.938. The van der Waals surface area contributed by atoms with E-state index in [-0.39, 0.29) is 24.5 Å². The lowest BCUT2D eigenvalue weighted by atomic mass is 10.1. The van der Waals surface area contributed by atoms with Crippen molar-refractivity contribution in [3.8, 4) is 0 Å². The van der Waals surface area contributed by atoms with Crippen molar-refractivity contribution < 1.29 is 19.0 Å². The van der Waals surface area contributed by atoms with Crippen molar-refractivity contribution in [2.75, 3.05) is 27.3 Å². The van der Waals surface area contributed by atoms with Crippen LogP contribution in [0.2, 0.25) is 0 Å². The number of hydrogen-bond donors (Lipinski definition) is 1. The Morgan fingerprint density at radius 1 is 1.23 bits per heavy atom. The number of amides is 1. The summed E-state index contributed by atoms with van der Waals surface area (Å²) in [6.45, 7) is 9.10. The van der Waals surface area contributed by atoms with Crippen molar-refractivity contribution in [1.29, 1.82) is 0 Å². The van der Waals surface area contributed by atoms with Crippen molar-refractivity contribution in [2.24, 2.45) is 0 Å². The van der Waals surface area contributed by atoms with Gasteiger partial charge in [-0.3, -0.25) is 0 Å². The first-order valence-electron chi connectivity index (χ1n) is 8.06. The summed E-state index contributed by atoms with van der Waals surface area (Å²) in [7, 11) is 3.26. The first kappa shape index (κ1) is 19.2. The molecule has 0 saturated carbocycles. The van der Waals surface area contributed by atoms with Gasteiger partial charge in [0, 0.05) is 33.4 Å². The topological polar surface area (TPSA) is 60.0 Å². The molecule has 1 N–H and O–H groups in total. The molecule has 0 aliphatic carbocycles. The van der Waals surface area contributed by atoms with E-state index in [0.717, 1.165) is 25.8 Å². The van der Waals surface area contributed by atoms with Gasteiger partial charge in [-0.25, -0.2) is 4.79 Å². The van der Waals surface area contributed by atoms with E-state index in [1.807, 2.05) is 27.7 Å². The third-order valence-corrected chi connectivity index (χ3v) is 3.69. The molecule has 0 bridgehead atoms. The van der Waals surface area contributed by atoms with Crippen molar-refractivity contribution >= 4 is 6.09 Å². The smallest absolute Gasteiger partial charge is 0.410 e. The van der Waals surface area contributed by atoms with E-state index in [9.17, 15) is 4.79 Å². The highest BCUT2D eigenvalue weighted by atomic mass is 16.7. The predicted molar refractivity (Wildman–Crippen MR) is 85.8 cm³/mol. The van der Waals surface area contributed by atoms with E-state index in [2.05, 4.69) is 5.32 Å². The second-order valence-corrected chi connectivity index (χ2v) is 6.91. The highest BCUT2D eigenvalue weighted by Gasteiger charge is 2.28. The summed E-state index contributed by atoms with van der Waals surface area (Å²) in [5.41, 5.74) is -0.462. The Morgan fingerprint density at radius 3 is 2.41 bits per heavy atom. The van der Waals surface area contributed by atoms with Gasteiger partial charge in [0.2, 0.25) is 0 Å². The van der Waals surface area contributed by atoms with Gasteiger partial charge in [0.25, 0.3) is 0 Å². The minimum Gasteiger partial charge on any atom is -0.444 e. The van der Waals surface area contributed by atoms with E-state index in [4.69, 9.17) is 14.2 Å². The van der Waals surface area contributed by atoms with Crippen LogP contribution in [0.25, 0.3) is 0 Å². The number of ether oxygens (including phenoxy) is 3. The van der Waals surface area contributed by atoms with Gasteiger partial charge >= 0.3 is 6.09 Å². The minimum absolute atomic E-state index is 0.0542. The lowest BCUT2D eigenvalue weighted by molar-refractivity contribution is -0.121. The first-order chi connectivity index (χ1) is 10.3. The first-order valence-corrected chi connectivity index (χ1v) is 8.06. The molecule has 1 rings (SSSR count). The number of methoxy groups -OCH3 is 2. The second kappa shape index (κ2) is 8.70. The predicted octanol–water partition coefficient (Wildman–Crippen LogP) is 2.37. The van der Waals surface area contributed by atoms with Crippen molar-refractivity contribution in [3.63, 3.8) is 0 Å². The van der Waals surface area contributed by atoms with Gasteiger partial charge in [-0.1, -0.05) is 6.42 Å². The maximum Gasteiger partial charge on any atom is 0.410 e. The highest BCUT2D eigenvalue weighted by molar-refractivity contribution is 5.68. The molecule has 1 aliphatic heterocycles. The number of likely N-dealkylation sites (tertiary alicyclic amines) is 1. The summed E-state index contributed by atoms with van der Waals surface area (Å²) in [5.74, 6) is 0. The molecule has 6 heteroatoms. The molecule has 130 valence electrons. The number of nitrogens with zero attached hydrogens (tertiary/aromatic N) is 1. The van der Waals surface area contributed by atoms with Crippen LogP contribution in [0.1, 0.15) is 47.0 Å². The van der Waals surface area contributed by atoms with Crippen LogP contribution in [0, 0.1) is 0 Å². The third kappa shape index (κ3) is 6.50. The fourth-order valence-corrected chi connectivity index (χ4v) is 2.73. The van der Waals surface area contributed by atoms with Crippen LogP contribution in [0.3, 0.4) is 0 Å². The molecule has 0 aromatic heterocycles. The molecule has 1 fully saturated rings. The van der Waals surface area contributed by atoms with E-state index in [1.165, 1.54) is 0 Å². The van der Waals surface area contributed by atoms with Crippen LogP contribution in [0.15, 0.2) is 0 Å². The van der Waals surface area contributed by atoms with Crippen LogP contribution in [-0.4, -0.2) is 62.3 Å². The number of hydrogen-bond acceptors (Lipinski definition) is 5. The number of carbonyl (C=O) groups is 1. The molecule has 22 heavy (non-hydrogen) atoms. The molecule has 1 amide bonds. The molecule has 2 atom stereocenters. The lowest BCUT2D eigenvalue weighted by Crippen LogP contribution is -2.50. The van der Waals surface area contributed by atoms with Gasteiger partial charge < -0.3 is 24.4 Å². The maximum atomic E-state index is 12.3. The molecule has 0 aromatic carbocycles. The zero-order valence-electron chi connectivity index (χ0n) is 14.8. The van der Waals surface area contributed by atoms with E-state index in [0.29, 0.717) is 6.54 Å². The van der Waals surface area contributed by atoms with Gasteiger partial charge in [-0.05, 0) is 40.5 Å². The average Bonchev–Trinajstić information content (AvgIpc) is 2.64. The summed E-state index contributed by atoms with van der Waals surface area (Å²) in [6, 6.07) is 0.274. The Labute approximate surface area is 134 Å². The van der Waals surface area contributed by atoms with Crippen LogP contribution in [0.5, 0.6) is 0 Å². The van der Waals surface area contributed by atoms with E-state index in [1.54, 1.807) is 19.1 Å². The Morgan fingerprint density at radius 2 is 1.86 bits per heavy atom. The molecule has 1 saturated heterocycles. The van der Waals surface area contributed by atoms with Crippen molar-refractivity contribution in [1.82, 2.24) is 10.2 Å². The summed E-state index contributed by atoms with van der Waals surface area (Å²) >= 11 is 0. The van der Waals surface area contributed by atoms with Crippen LogP contribution in [-0.2, 0) is 14.2 Å². The van der Waals surface area contributed by atoms with Crippen LogP contribution in [0.4, 0.5) is 4.79 Å². The van der Waals surface area contributed by atoms with Crippen LogP contribution >= 0.6 is 0 Å². The number of carbonyl (C=O) groups excluding carboxylic acids is 1. The summed E-state index contributed by atoms with van der Waals surface area (Å²) in [6.07, 6.45) is 2.60. The maximum absolute atomic E-state index is 12.3. The number of rotatable bonds is 5. The fourth-order valence-electron chi connectivity index (χ4n) is 2.73. The Balaban J connectivity index is 2.60. The zero-order chi connectivity index (χ0) is 16.8. The number of nitrogens with one attached hydrogen (secondary N) is 1. The van der Waals surface area contributed by atoms with Gasteiger partial charge in [-0.2, -0.15) is 0 Å². The summed E-state index contributed by atoms with van der Waals surface area (Å²) in [5, 5.41) is 3.51. The van der Waals surface area contributed by atoms with Gasteiger partial charge in [0.15, 0.2) is 6.29 Å². The molecule has 1 heterocycles. The molecule has 1 aliphatic rings. The largest absolute Gasteiger partial charge is 0.444 e. The van der Waals surface area contributed by atoms with E-state index >= 15 is 0 Å². The van der Waals surface area contributed by atoms with Crippen molar-refractivity contribution in [2.45, 2.75) is 70.9 Å². The molecule has 2 unspecified atom stereocenters. The molecular formula is C16H32N2O4. The quantitative estimate of drug-likeness (QED) is 0.789. The van der Waals surface area contributed by atoms with E-state index < -0.39 is 5.60 Å². The Hall–Kier alpha value is -0.850. The molecular weight excluding hydrogens is 284 g/mol. The van der Waals surface area contributed by atoms with Gasteiger partial charge in [-0.15, -0.1) is 0 Å². The third-order valence-electron chi connectivity index (χ3n) is 3.69. The Kier molecular flexibility index (Phi) is 7.59. The van der Waals surface area contributed by atoms with Crippen molar-refractivity contribution in [3.05, 3.63) is 0 Å². The monoisotopic (exact) mass is 316 g/mol. The summed E-state index contributed by atoms with van der Waals surface area (Å²) in [4.78, 5) is 14.1. The Bertz CT molecular complexity index is 340. The molecule has 0 radical (unpaired) electrons. The molecule has 6 nitrogen and oxygen atoms in total.